The number of thioether (sulfide) groups is 1. The van der Waals surface area contributed by atoms with Gasteiger partial charge < -0.3 is 10.2 Å². The summed E-state index contributed by atoms with van der Waals surface area (Å²) in [6.07, 6.45) is 4.84. The Hall–Kier alpha value is -0.440. The molecule has 1 fully saturated rings. The fraction of sp³-hybridized carbons (Fsp3) is 0.733. The van der Waals surface area contributed by atoms with Crippen LogP contribution in [0.3, 0.4) is 0 Å². The zero-order valence-corrected chi connectivity index (χ0v) is 16.9. The van der Waals surface area contributed by atoms with Gasteiger partial charge in [0, 0.05) is 55.6 Å². The van der Waals surface area contributed by atoms with Gasteiger partial charge in [0.2, 0.25) is 0 Å². The number of rotatable bonds is 5. The number of aryl methyl sites for hydroxylation is 1. The summed E-state index contributed by atoms with van der Waals surface area (Å²) in [5, 5.41) is 7.65. The highest BCUT2D eigenvalue weighted by molar-refractivity contribution is 14.0. The summed E-state index contributed by atoms with van der Waals surface area (Å²) < 4.78 is 2.27. The topological polar surface area (TPSA) is 45.5 Å². The fourth-order valence-corrected chi connectivity index (χ4v) is 3.58. The van der Waals surface area contributed by atoms with Crippen molar-refractivity contribution in [1.82, 2.24) is 20.0 Å². The highest BCUT2D eigenvalue weighted by Gasteiger charge is 2.28. The van der Waals surface area contributed by atoms with Gasteiger partial charge in [-0.15, -0.1) is 24.0 Å². The Bertz CT molecular complexity index is 447. The molecule has 7 heteroatoms. The number of hydrogen-bond acceptors (Lipinski definition) is 3. The lowest BCUT2D eigenvalue weighted by atomic mass is 10.2. The zero-order valence-electron chi connectivity index (χ0n) is 13.8. The molecule has 2 rings (SSSR count). The van der Waals surface area contributed by atoms with Crippen LogP contribution in [0, 0.1) is 0 Å². The molecule has 0 unspecified atom stereocenters. The molecule has 5 nitrogen and oxygen atoms in total. The lowest BCUT2D eigenvalue weighted by Gasteiger charge is -2.39. The summed E-state index contributed by atoms with van der Waals surface area (Å²) >= 11 is 2.05. The first-order valence-corrected chi connectivity index (χ1v) is 8.74. The van der Waals surface area contributed by atoms with Gasteiger partial charge >= 0.3 is 0 Å². The van der Waals surface area contributed by atoms with E-state index in [4.69, 9.17) is 4.99 Å². The van der Waals surface area contributed by atoms with Crippen LogP contribution in [0.4, 0.5) is 0 Å². The molecule has 1 aliphatic rings. The average molecular weight is 437 g/mol. The van der Waals surface area contributed by atoms with Gasteiger partial charge in [0.25, 0.3) is 0 Å². The second-order valence-corrected chi connectivity index (χ2v) is 7.69. The van der Waals surface area contributed by atoms with E-state index in [1.165, 1.54) is 5.75 Å². The molecule has 0 amide bonds. The van der Waals surface area contributed by atoms with E-state index in [0.29, 0.717) is 4.75 Å². The summed E-state index contributed by atoms with van der Waals surface area (Å²) in [6.45, 7) is 11.6. The first kappa shape index (κ1) is 19.6. The maximum atomic E-state index is 4.78. The largest absolute Gasteiger partial charge is 0.357 e. The predicted molar refractivity (Wildman–Crippen MR) is 106 cm³/mol. The van der Waals surface area contributed by atoms with Crippen LogP contribution in [-0.4, -0.2) is 57.3 Å². The van der Waals surface area contributed by atoms with Gasteiger partial charge in [0.1, 0.15) is 0 Å². The second-order valence-electron chi connectivity index (χ2n) is 5.89. The number of guanidine groups is 1. The first-order chi connectivity index (χ1) is 10.1. The minimum absolute atomic E-state index is 0. The van der Waals surface area contributed by atoms with Crippen LogP contribution >= 0.6 is 35.7 Å². The lowest BCUT2D eigenvalue weighted by Crippen LogP contribution is -2.51. The minimum atomic E-state index is 0. The molecular formula is C15H28IN5S. The molecule has 0 bridgehead atoms. The number of hydrogen-bond donors (Lipinski definition) is 1. The first-order valence-electron chi connectivity index (χ1n) is 7.75. The highest BCUT2D eigenvalue weighted by atomic mass is 127. The highest BCUT2D eigenvalue weighted by Crippen LogP contribution is 2.29. The standard InChI is InChI=1S/C15H27N5S.HI/c1-4-16-14(19-11-12-21-15(2,3)13-19)17-7-5-9-20-10-6-8-18-20;/h6,8,10H,4-5,7,9,11-13H2,1-3H3,(H,16,17);1H. The van der Waals surface area contributed by atoms with Crippen LogP contribution in [0.1, 0.15) is 27.2 Å². The van der Waals surface area contributed by atoms with Crippen LogP contribution < -0.4 is 5.32 Å². The van der Waals surface area contributed by atoms with E-state index in [0.717, 1.165) is 45.1 Å². The van der Waals surface area contributed by atoms with Gasteiger partial charge in [0.15, 0.2) is 5.96 Å². The van der Waals surface area contributed by atoms with E-state index in [2.05, 4.69) is 47.8 Å². The molecule has 2 heterocycles. The zero-order chi connectivity index (χ0) is 15.1. The van der Waals surface area contributed by atoms with E-state index in [-0.39, 0.29) is 24.0 Å². The van der Waals surface area contributed by atoms with E-state index >= 15 is 0 Å². The Balaban J connectivity index is 0.00000242. The summed E-state index contributed by atoms with van der Waals surface area (Å²) in [5.74, 6) is 2.23. The van der Waals surface area contributed by atoms with Crippen molar-refractivity contribution in [3.8, 4) is 0 Å². The number of nitrogens with one attached hydrogen (secondary N) is 1. The normalized spacial score (nSPS) is 18.0. The van der Waals surface area contributed by atoms with Gasteiger partial charge in [-0.05, 0) is 33.3 Å². The molecule has 1 aliphatic heterocycles. The Morgan fingerprint density at radius 3 is 2.91 bits per heavy atom. The minimum Gasteiger partial charge on any atom is -0.357 e. The third-order valence-corrected chi connectivity index (χ3v) is 4.72. The summed E-state index contributed by atoms with van der Waals surface area (Å²) in [4.78, 5) is 7.18. The van der Waals surface area contributed by atoms with E-state index in [9.17, 15) is 0 Å². The maximum absolute atomic E-state index is 4.78. The van der Waals surface area contributed by atoms with Crippen molar-refractivity contribution in [3.05, 3.63) is 18.5 Å². The second kappa shape index (κ2) is 9.64. The van der Waals surface area contributed by atoms with Crippen LogP contribution in [0.5, 0.6) is 0 Å². The molecular weight excluding hydrogens is 409 g/mol. The van der Waals surface area contributed by atoms with Gasteiger partial charge in [-0.25, -0.2) is 0 Å². The van der Waals surface area contributed by atoms with Gasteiger partial charge in [-0.1, -0.05) is 0 Å². The van der Waals surface area contributed by atoms with Gasteiger partial charge in [-0.3, -0.25) is 9.67 Å². The number of aliphatic imine (C=N–C) groups is 1. The van der Waals surface area contributed by atoms with Crippen LogP contribution in [0.25, 0.3) is 0 Å². The average Bonchev–Trinajstić information content (AvgIpc) is 2.94. The molecule has 0 atom stereocenters. The van der Waals surface area contributed by atoms with Crippen molar-refractivity contribution in [3.63, 3.8) is 0 Å². The van der Waals surface area contributed by atoms with E-state index in [1.807, 2.05) is 23.1 Å². The summed E-state index contributed by atoms with van der Waals surface area (Å²) in [7, 11) is 0. The Labute approximate surface area is 155 Å². The molecule has 1 N–H and O–H groups in total. The van der Waals surface area contributed by atoms with Crippen molar-refractivity contribution < 1.29 is 0 Å². The number of nitrogens with zero attached hydrogens (tertiary/aromatic N) is 4. The van der Waals surface area contributed by atoms with Crippen LogP contribution in [0.2, 0.25) is 0 Å². The molecule has 22 heavy (non-hydrogen) atoms. The van der Waals surface area contributed by atoms with Crippen molar-refractivity contribution in [2.24, 2.45) is 4.99 Å². The number of aromatic nitrogens is 2. The van der Waals surface area contributed by atoms with E-state index < -0.39 is 0 Å². The Kier molecular flexibility index (Phi) is 8.59. The monoisotopic (exact) mass is 437 g/mol. The van der Waals surface area contributed by atoms with Gasteiger partial charge in [0.05, 0.1) is 0 Å². The van der Waals surface area contributed by atoms with Crippen molar-refractivity contribution >= 4 is 41.7 Å². The van der Waals surface area contributed by atoms with Crippen molar-refractivity contribution in [2.45, 2.75) is 38.5 Å². The molecule has 1 saturated heterocycles. The van der Waals surface area contributed by atoms with E-state index in [1.54, 1.807) is 0 Å². The SMILES string of the molecule is CCNC(=NCCCn1cccn1)N1CCSC(C)(C)C1.I. The molecule has 0 radical (unpaired) electrons. The summed E-state index contributed by atoms with van der Waals surface area (Å²) in [5.41, 5.74) is 0. The predicted octanol–water partition coefficient (Wildman–Crippen LogP) is 2.68. The smallest absolute Gasteiger partial charge is 0.193 e. The van der Waals surface area contributed by atoms with Crippen LogP contribution in [0.15, 0.2) is 23.5 Å². The van der Waals surface area contributed by atoms with Crippen molar-refractivity contribution in [1.29, 1.82) is 0 Å². The summed E-state index contributed by atoms with van der Waals surface area (Å²) in [6, 6.07) is 1.96. The molecule has 0 aromatic carbocycles. The number of halogens is 1. The molecule has 1 aromatic heterocycles. The Morgan fingerprint density at radius 2 is 2.27 bits per heavy atom. The van der Waals surface area contributed by atoms with Gasteiger partial charge in [-0.2, -0.15) is 16.9 Å². The quantitative estimate of drug-likeness (QED) is 0.333. The molecule has 1 aromatic rings. The molecule has 0 saturated carbocycles. The molecule has 0 spiro atoms. The maximum Gasteiger partial charge on any atom is 0.193 e. The third kappa shape index (κ3) is 6.36. The fourth-order valence-electron chi connectivity index (χ4n) is 2.47. The Morgan fingerprint density at radius 1 is 1.45 bits per heavy atom. The molecule has 0 aliphatic carbocycles. The van der Waals surface area contributed by atoms with Crippen molar-refractivity contribution in [2.75, 3.05) is 31.9 Å². The van der Waals surface area contributed by atoms with Crippen LogP contribution in [-0.2, 0) is 6.54 Å². The third-order valence-electron chi connectivity index (χ3n) is 3.43. The lowest BCUT2D eigenvalue weighted by molar-refractivity contribution is 0.375. The molecule has 126 valence electrons.